The Morgan fingerprint density at radius 1 is 0.862 bits per heavy atom. The van der Waals surface area contributed by atoms with Gasteiger partial charge in [-0.25, -0.2) is 0 Å². The number of methoxy groups -OCH3 is 1. The number of benzene rings is 2. The van der Waals surface area contributed by atoms with Crippen LogP contribution in [0.3, 0.4) is 0 Å². The van der Waals surface area contributed by atoms with Crippen molar-refractivity contribution in [1.82, 2.24) is 0 Å². The van der Waals surface area contributed by atoms with Gasteiger partial charge in [0.05, 0.1) is 0 Å². The number of terminal acetylenes is 1. The number of ether oxygens (including phenoxy) is 1. The molecule has 2 nitrogen and oxygen atoms in total. The summed E-state index contributed by atoms with van der Waals surface area (Å²) in [7, 11) is 0.548. The maximum atomic E-state index is 11.4. The van der Waals surface area contributed by atoms with Crippen molar-refractivity contribution in [3.63, 3.8) is 0 Å². The van der Waals surface area contributed by atoms with E-state index < -0.39 is 21.2 Å². The Kier molecular flexibility index (Phi) is 5.78. The normalized spacial score (nSPS) is 24.4. The van der Waals surface area contributed by atoms with Crippen LogP contribution in [-0.4, -0.2) is 42.2 Å². The van der Waals surface area contributed by atoms with Crippen LogP contribution in [0.1, 0.15) is 11.1 Å². The van der Waals surface area contributed by atoms with Crippen molar-refractivity contribution in [3.05, 3.63) is 83.9 Å². The quantitative estimate of drug-likeness (QED) is 0.762. The van der Waals surface area contributed by atoms with Gasteiger partial charge in [0.2, 0.25) is 0 Å². The molecule has 2 aromatic carbocycles. The largest absolute Gasteiger partial charge is 0.370 e. The molecule has 0 aliphatic heterocycles. The Bertz CT molecular complexity index is 1040. The summed E-state index contributed by atoms with van der Waals surface area (Å²) >= 11 is 0. The highest BCUT2D eigenvalue weighted by molar-refractivity contribution is 8.35. The van der Waals surface area contributed by atoms with E-state index in [1.165, 1.54) is 0 Å². The second-order valence-corrected chi connectivity index (χ2v) is 11.6. The van der Waals surface area contributed by atoms with E-state index in [0.717, 1.165) is 16.7 Å². The predicted octanol–water partition coefficient (Wildman–Crippen LogP) is 4.57. The maximum absolute atomic E-state index is 11.4. The van der Waals surface area contributed by atoms with Crippen LogP contribution in [0, 0.1) is 23.5 Å². The van der Waals surface area contributed by atoms with Crippen LogP contribution in [0.15, 0.2) is 72.8 Å². The van der Waals surface area contributed by atoms with Gasteiger partial charge in [-0.1, -0.05) is 71.8 Å². The molecule has 3 rings (SSSR count). The molecule has 0 saturated heterocycles. The fraction of sp³-hybridized carbons (Fsp3) is 0.231. The molecule has 2 atom stereocenters. The average Bonchev–Trinajstić information content (AvgIpc) is 2.73. The molecule has 2 aromatic rings. The third-order valence-electron chi connectivity index (χ3n) is 4.77. The molecule has 0 bridgehead atoms. The zero-order valence-corrected chi connectivity index (χ0v) is 18.1. The number of hydrogen-bond donors (Lipinski definition) is 1. The van der Waals surface area contributed by atoms with Gasteiger partial charge in [0.15, 0.2) is 11.2 Å². The molecule has 0 spiro atoms. The Balaban J connectivity index is 2.33. The zero-order chi connectivity index (χ0) is 21.1. The predicted molar refractivity (Wildman–Crippen MR) is 125 cm³/mol. The van der Waals surface area contributed by atoms with E-state index in [-0.39, 0.29) is 0 Å². The average molecular weight is 403 g/mol. The van der Waals surface area contributed by atoms with Crippen molar-refractivity contribution < 1.29 is 9.84 Å². The molecule has 148 valence electrons. The minimum atomic E-state index is -1.56. The maximum Gasteiger partial charge on any atom is 0.174 e. The van der Waals surface area contributed by atoms with Crippen LogP contribution in [0.4, 0.5) is 0 Å². The van der Waals surface area contributed by atoms with Gasteiger partial charge in [0.1, 0.15) is 0 Å². The molecule has 1 aliphatic rings. The molecule has 0 radical (unpaired) electrons. The monoisotopic (exact) mass is 402 g/mol. The second kappa shape index (κ2) is 7.97. The third-order valence-corrected chi connectivity index (χ3v) is 5.48. The Hall–Kier alpha value is -2.69. The molecule has 2 unspecified atom stereocenters. The van der Waals surface area contributed by atoms with Gasteiger partial charge < -0.3 is 9.84 Å². The summed E-state index contributed by atoms with van der Waals surface area (Å²) in [5, 5.41) is 14.8. The molecule has 1 N–H and O–H groups in total. The van der Waals surface area contributed by atoms with Crippen LogP contribution in [-0.2, 0) is 4.74 Å². The van der Waals surface area contributed by atoms with Crippen molar-refractivity contribution in [2.24, 2.45) is 0 Å². The first-order chi connectivity index (χ1) is 13.7. The second-order valence-electron chi connectivity index (χ2n) is 7.76. The van der Waals surface area contributed by atoms with E-state index in [1.54, 1.807) is 13.2 Å². The first-order valence-corrected chi connectivity index (χ1v) is 12.1. The van der Waals surface area contributed by atoms with Crippen molar-refractivity contribution in [2.75, 3.05) is 25.9 Å². The minimum Gasteiger partial charge on any atom is -0.370 e. The lowest BCUT2D eigenvalue weighted by Crippen LogP contribution is -2.39. The summed E-state index contributed by atoms with van der Waals surface area (Å²) in [6.07, 6.45) is 15.8. The Morgan fingerprint density at radius 2 is 1.38 bits per heavy atom. The molecule has 29 heavy (non-hydrogen) atoms. The SMILES string of the molecule is C#CC1(O)C=C(c2ccccc2)C(C#CS(C)(C)C)(OC)C=C1c1ccccc1. The smallest absolute Gasteiger partial charge is 0.174 e. The third kappa shape index (κ3) is 4.34. The van der Waals surface area contributed by atoms with Gasteiger partial charge in [-0.05, 0) is 48.0 Å². The number of rotatable bonds is 3. The summed E-state index contributed by atoms with van der Waals surface area (Å²) < 4.78 is 6.05. The van der Waals surface area contributed by atoms with E-state index in [4.69, 9.17) is 11.2 Å². The summed E-state index contributed by atoms with van der Waals surface area (Å²) in [6.45, 7) is 0. The summed E-state index contributed by atoms with van der Waals surface area (Å²) in [6, 6.07) is 19.4. The van der Waals surface area contributed by atoms with Gasteiger partial charge in [0.25, 0.3) is 0 Å². The van der Waals surface area contributed by atoms with Crippen LogP contribution >= 0.6 is 10.0 Å². The standard InChI is InChI=1S/C26H26O2S/c1-6-25(27)19-24(22-15-11-8-12-16-22)26(28-2,17-18-29(3,4)5)20-23(25)21-13-9-7-10-14-21/h1,7-16,19-20,27H,2-5H3. The molecule has 0 saturated carbocycles. The molecule has 1 aliphatic carbocycles. The molecule has 0 aromatic heterocycles. The lowest BCUT2D eigenvalue weighted by molar-refractivity contribution is 0.124. The van der Waals surface area contributed by atoms with Crippen molar-refractivity contribution >= 4 is 21.2 Å². The fourth-order valence-electron chi connectivity index (χ4n) is 3.29. The molecule has 0 amide bonds. The molecule has 0 fully saturated rings. The van der Waals surface area contributed by atoms with Crippen LogP contribution in [0.25, 0.3) is 11.1 Å². The highest BCUT2D eigenvalue weighted by Gasteiger charge is 2.43. The number of aliphatic hydroxyl groups is 1. The topological polar surface area (TPSA) is 29.5 Å². The van der Waals surface area contributed by atoms with Crippen LogP contribution in [0.2, 0.25) is 0 Å². The van der Waals surface area contributed by atoms with Crippen molar-refractivity contribution in [2.45, 2.75) is 11.2 Å². The van der Waals surface area contributed by atoms with E-state index in [9.17, 15) is 5.11 Å². The van der Waals surface area contributed by atoms with Crippen LogP contribution < -0.4 is 0 Å². The Labute approximate surface area is 175 Å². The van der Waals surface area contributed by atoms with Crippen LogP contribution in [0.5, 0.6) is 0 Å². The summed E-state index contributed by atoms with van der Waals surface area (Å²) in [5.74, 6) is 5.95. The summed E-state index contributed by atoms with van der Waals surface area (Å²) in [4.78, 5) is 0. The highest BCUT2D eigenvalue weighted by atomic mass is 32.3. The van der Waals surface area contributed by atoms with Gasteiger partial charge in [0, 0.05) is 18.3 Å². The van der Waals surface area contributed by atoms with E-state index in [2.05, 4.69) is 35.9 Å². The molecular weight excluding hydrogens is 376 g/mol. The van der Waals surface area contributed by atoms with Gasteiger partial charge >= 0.3 is 0 Å². The number of hydrogen-bond acceptors (Lipinski definition) is 2. The first kappa shape index (κ1) is 21.0. The lowest BCUT2D eigenvalue weighted by Gasteiger charge is -2.37. The van der Waals surface area contributed by atoms with Gasteiger partial charge in [-0.3, -0.25) is 0 Å². The summed E-state index contributed by atoms with van der Waals surface area (Å²) in [5.41, 5.74) is 0.505. The van der Waals surface area contributed by atoms with Gasteiger partial charge in [-0.15, -0.1) is 6.42 Å². The van der Waals surface area contributed by atoms with E-state index in [0.29, 0.717) is 5.57 Å². The van der Waals surface area contributed by atoms with Crippen molar-refractivity contribution in [1.29, 1.82) is 0 Å². The molecular formula is C26H26O2S. The van der Waals surface area contributed by atoms with Gasteiger partial charge in [-0.2, -0.15) is 10.0 Å². The first-order valence-electron chi connectivity index (χ1n) is 9.28. The Morgan fingerprint density at radius 3 is 1.83 bits per heavy atom. The fourth-order valence-corrected chi connectivity index (χ4v) is 3.75. The van der Waals surface area contributed by atoms with Crippen molar-refractivity contribution in [3.8, 4) is 23.5 Å². The molecule has 3 heteroatoms. The molecule has 0 heterocycles. The van der Waals surface area contributed by atoms with E-state index in [1.807, 2.05) is 66.7 Å². The highest BCUT2D eigenvalue weighted by Crippen LogP contribution is 2.45. The minimum absolute atomic E-state index is 0.598. The van der Waals surface area contributed by atoms with E-state index >= 15 is 0 Å². The lowest BCUT2D eigenvalue weighted by atomic mass is 9.73. The zero-order valence-electron chi connectivity index (χ0n) is 17.3.